The van der Waals surface area contributed by atoms with Crippen molar-refractivity contribution in [2.45, 2.75) is 32.9 Å². The van der Waals surface area contributed by atoms with Gasteiger partial charge in [-0.1, -0.05) is 0 Å². The van der Waals surface area contributed by atoms with Gasteiger partial charge in [0.15, 0.2) is 6.10 Å². The number of carboxylic acid groups (broad SMARTS) is 1. The van der Waals surface area contributed by atoms with E-state index in [2.05, 4.69) is 15.7 Å². The summed E-state index contributed by atoms with van der Waals surface area (Å²) in [7, 11) is 1.83. The van der Waals surface area contributed by atoms with Crippen molar-refractivity contribution in [1.29, 1.82) is 0 Å². The Morgan fingerprint density at radius 3 is 2.50 bits per heavy atom. The lowest BCUT2D eigenvalue weighted by Crippen LogP contribution is -2.37. The van der Waals surface area contributed by atoms with Gasteiger partial charge in [0.05, 0.1) is 5.69 Å². The molecule has 1 rings (SSSR count). The second kappa shape index (κ2) is 6.90. The summed E-state index contributed by atoms with van der Waals surface area (Å²) in [6, 6.07) is -0.412. The number of amides is 2. The normalized spacial score (nSPS) is 12.0. The third-order valence-electron chi connectivity index (χ3n) is 3.07. The first-order valence-electron chi connectivity index (χ1n) is 6.24. The summed E-state index contributed by atoms with van der Waals surface area (Å²) in [4.78, 5) is 21.9. The second-order valence-electron chi connectivity index (χ2n) is 4.53. The molecule has 0 unspecified atom stereocenters. The van der Waals surface area contributed by atoms with E-state index in [-0.39, 0.29) is 13.0 Å². The number of aryl methyl sites for hydroxylation is 2. The Balaban J connectivity index is 2.35. The van der Waals surface area contributed by atoms with Gasteiger partial charge in [-0.3, -0.25) is 4.68 Å². The fraction of sp³-hybridized carbons (Fsp3) is 0.583. The van der Waals surface area contributed by atoms with Gasteiger partial charge in [0.1, 0.15) is 0 Å². The molecule has 0 saturated carbocycles. The molecular weight excluding hydrogens is 264 g/mol. The van der Waals surface area contributed by atoms with Crippen molar-refractivity contribution in [2.24, 2.45) is 7.05 Å². The lowest BCUT2D eigenvalue weighted by atomic mass is 10.2. The Hall–Kier alpha value is -2.09. The lowest BCUT2D eigenvalue weighted by Gasteiger charge is -2.09. The van der Waals surface area contributed by atoms with Crippen molar-refractivity contribution in [3.63, 3.8) is 0 Å². The van der Waals surface area contributed by atoms with Crippen molar-refractivity contribution in [2.75, 3.05) is 6.54 Å². The van der Waals surface area contributed by atoms with E-state index >= 15 is 0 Å². The van der Waals surface area contributed by atoms with Crippen LogP contribution in [0.3, 0.4) is 0 Å². The van der Waals surface area contributed by atoms with Crippen LogP contribution >= 0.6 is 0 Å². The number of hydrogen-bond acceptors (Lipinski definition) is 4. The van der Waals surface area contributed by atoms with E-state index in [1.165, 1.54) is 0 Å². The Bertz CT molecular complexity index is 498. The molecule has 2 amide bonds. The number of urea groups is 1. The number of rotatable bonds is 6. The molecule has 0 aliphatic carbocycles. The van der Waals surface area contributed by atoms with Crippen LogP contribution in [-0.4, -0.2) is 44.6 Å². The number of nitrogens with one attached hydrogen (secondary N) is 2. The van der Waals surface area contributed by atoms with Crippen LogP contribution in [0.5, 0.6) is 0 Å². The van der Waals surface area contributed by atoms with Crippen LogP contribution in [0, 0.1) is 13.8 Å². The number of carbonyl (C=O) groups excluding carboxylic acids is 1. The Morgan fingerprint density at radius 2 is 2.00 bits per heavy atom. The quantitative estimate of drug-likeness (QED) is 0.571. The predicted octanol–water partition coefficient (Wildman–Crippen LogP) is -0.328. The third-order valence-corrected chi connectivity index (χ3v) is 3.07. The Morgan fingerprint density at radius 1 is 1.35 bits per heavy atom. The average molecular weight is 284 g/mol. The van der Waals surface area contributed by atoms with Crippen molar-refractivity contribution >= 4 is 12.0 Å². The van der Waals surface area contributed by atoms with E-state index < -0.39 is 18.1 Å². The highest BCUT2D eigenvalue weighted by molar-refractivity contribution is 5.74. The highest BCUT2D eigenvalue weighted by Gasteiger charge is 2.13. The first-order chi connectivity index (χ1) is 9.32. The molecule has 20 heavy (non-hydrogen) atoms. The smallest absolute Gasteiger partial charge is 0.332 e. The molecule has 0 fully saturated rings. The monoisotopic (exact) mass is 284 g/mol. The van der Waals surface area contributed by atoms with Gasteiger partial charge >= 0.3 is 12.0 Å². The number of hydrogen-bond donors (Lipinski definition) is 4. The van der Waals surface area contributed by atoms with E-state index in [1.807, 2.05) is 20.9 Å². The minimum absolute atomic E-state index is 0.0340. The number of aromatic nitrogens is 2. The van der Waals surface area contributed by atoms with Gasteiger partial charge in [-0.2, -0.15) is 5.10 Å². The molecule has 1 atom stereocenters. The van der Waals surface area contributed by atoms with Crippen molar-refractivity contribution in [1.82, 2.24) is 20.4 Å². The topological polar surface area (TPSA) is 116 Å². The largest absolute Gasteiger partial charge is 0.479 e. The molecular formula is C12H20N4O4. The molecule has 1 aromatic rings. The fourth-order valence-electron chi connectivity index (χ4n) is 1.75. The summed E-state index contributed by atoms with van der Waals surface area (Å²) in [5, 5.41) is 26.9. The van der Waals surface area contributed by atoms with Crippen LogP contribution in [-0.2, 0) is 18.4 Å². The summed E-state index contributed by atoms with van der Waals surface area (Å²) in [5.41, 5.74) is 2.78. The molecule has 0 aliphatic heterocycles. The Labute approximate surface area is 116 Å². The number of nitrogens with zero attached hydrogens (tertiary/aromatic N) is 2. The van der Waals surface area contributed by atoms with Gasteiger partial charge in [0.25, 0.3) is 0 Å². The van der Waals surface area contributed by atoms with Gasteiger partial charge in [0, 0.05) is 37.8 Å². The summed E-state index contributed by atoms with van der Waals surface area (Å²) in [6.45, 7) is 4.21. The van der Waals surface area contributed by atoms with Crippen molar-refractivity contribution in [3.8, 4) is 0 Å². The molecule has 0 aromatic carbocycles. The molecule has 112 valence electrons. The van der Waals surface area contributed by atoms with E-state index in [0.717, 1.165) is 17.0 Å². The second-order valence-corrected chi connectivity index (χ2v) is 4.53. The minimum Gasteiger partial charge on any atom is -0.479 e. The maximum absolute atomic E-state index is 11.5. The van der Waals surface area contributed by atoms with Crippen LogP contribution in [0.15, 0.2) is 0 Å². The van der Waals surface area contributed by atoms with Gasteiger partial charge < -0.3 is 20.8 Å². The highest BCUT2D eigenvalue weighted by atomic mass is 16.4. The molecule has 8 nitrogen and oxygen atoms in total. The maximum atomic E-state index is 11.5. The van der Waals surface area contributed by atoms with Gasteiger partial charge in [-0.25, -0.2) is 9.59 Å². The van der Waals surface area contributed by atoms with Gasteiger partial charge in [-0.15, -0.1) is 0 Å². The number of carboxylic acids is 1. The van der Waals surface area contributed by atoms with Crippen LogP contribution in [0.25, 0.3) is 0 Å². The van der Waals surface area contributed by atoms with Gasteiger partial charge in [0.2, 0.25) is 0 Å². The summed E-state index contributed by atoms with van der Waals surface area (Å²) < 4.78 is 1.74. The standard InChI is InChI=1S/C12H20N4O4/c1-7-9(8(2)16(3)15-7)6-14-12(20)13-5-4-10(17)11(18)19/h10,17H,4-6H2,1-3H3,(H,18,19)(H2,13,14,20)/t10-/m0/s1. The minimum atomic E-state index is -1.46. The summed E-state index contributed by atoms with van der Waals surface area (Å²) in [6.07, 6.45) is -1.49. The first kappa shape index (κ1) is 16.0. The SMILES string of the molecule is Cc1nn(C)c(C)c1CNC(=O)NCC[C@H](O)C(=O)O. The van der Waals surface area contributed by atoms with Crippen molar-refractivity contribution < 1.29 is 19.8 Å². The molecule has 1 heterocycles. The summed E-state index contributed by atoms with van der Waals surface area (Å²) >= 11 is 0. The van der Waals surface area contributed by atoms with Crippen LogP contribution in [0.2, 0.25) is 0 Å². The molecule has 4 N–H and O–H groups in total. The molecule has 8 heteroatoms. The molecule has 0 saturated heterocycles. The third kappa shape index (κ3) is 4.23. The molecule has 0 radical (unpaired) electrons. The maximum Gasteiger partial charge on any atom is 0.332 e. The highest BCUT2D eigenvalue weighted by Crippen LogP contribution is 2.10. The van der Waals surface area contributed by atoms with Gasteiger partial charge in [-0.05, 0) is 13.8 Å². The van der Waals surface area contributed by atoms with E-state index in [4.69, 9.17) is 10.2 Å². The van der Waals surface area contributed by atoms with Crippen LogP contribution < -0.4 is 10.6 Å². The number of aliphatic carboxylic acids is 1. The number of aliphatic hydroxyl groups excluding tert-OH is 1. The molecule has 1 aromatic heterocycles. The lowest BCUT2D eigenvalue weighted by molar-refractivity contribution is -0.146. The van der Waals surface area contributed by atoms with E-state index in [0.29, 0.717) is 6.54 Å². The van der Waals surface area contributed by atoms with Crippen molar-refractivity contribution in [3.05, 3.63) is 17.0 Å². The predicted molar refractivity (Wildman–Crippen MR) is 71.2 cm³/mol. The average Bonchev–Trinajstić information content (AvgIpc) is 2.61. The zero-order valence-corrected chi connectivity index (χ0v) is 11.8. The van der Waals surface area contributed by atoms with E-state index in [1.54, 1.807) is 4.68 Å². The van der Waals surface area contributed by atoms with Crippen LogP contribution in [0.1, 0.15) is 23.4 Å². The number of carbonyl (C=O) groups is 2. The molecule has 0 aliphatic rings. The number of aliphatic hydroxyl groups is 1. The molecule has 0 bridgehead atoms. The zero-order chi connectivity index (χ0) is 15.3. The van der Waals surface area contributed by atoms with E-state index in [9.17, 15) is 9.59 Å². The van der Waals surface area contributed by atoms with Crippen LogP contribution in [0.4, 0.5) is 4.79 Å². The Kier molecular flexibility index (Phi) is 5.51. The molecule has 0 spiro atoms. The first-order valence-corrected chi connectivity index (χ1v) is 6.24. The zero-order valence-electron chi connectivity index (χ0n) is 11.8. The summed E-state index contributed by atoms with van der Waals surface area (Å²) in [5.74, 6) is -1.30. The fourth-order valence-corrected chi connectivity index (χ4v) is 1.75.